The van der Waals surface area contributed by atoms with E-state index in [1.54, 1.807) is 36.3 Å². The molecule has 2 aliphatic heterocycles. The molecule has 18 heavy (non-hydrogen) atoms. The standard InChI is InChI=1S/C12H13N3O3/c1-15-10-8(11(17)13-12(10)18)9(14-15)6-2-4-7(16)5-3-6/h2-5,8-10,14,16H,1H3,(H,13,17,18)/t8-,9-,10-/m1/s1. The monoisotopic (exact) mass is 247 g/mol. The van der Waals surface area contributed by atoms with Crippen molar-refractivity contribution in [1.82, 2.24) is 15.8 Å². The fourth-order valence-electron chi connectivity index (χ4n) is 2.68. The Morgan fingerprint density at radius 2 is 1.83 bits per heavy atom. The number of likely N-dealkylation sites (N-methyl/N-ethyl adjacent to an activating group) is 1. The van der Waals surface area contributed by atoms with Crippen molar-refractivity contribution in [2.75, 3.05) is 7.05 Å². The Kier molecular flexibility index (Phi) is 2.36. The average Bonchev–Trinajstić information content (AvgIpc) is 2.81. The summed E-state index contributed by atoms with van der Waals surface area (Å²) in [5.74, 6) is -0.762. The second-order valence-electron chi connectivity index (χ2n) is 4.63. The molecule has 6 nitrogen and oxygen atoms in total. The van der Waals surface area contributed by atoms with Crippen molar-refractivity contribution in [3.63, 3.8) is 0 Å². The highest BCUT2D eigenvalue weighted by Gasteiger charge is 2.53. The van der Waals surface area contributed by atoms with E-state index >= 15 is 0 Å². The van der Waals surface area contributed by atoms with E-state index in [9.17, 15) is 14.7 Å². The third-order valence-electron chi connectivity index (χ3n) is 3.53. The molecule has 3 N–H and O–H groups in total. The zero-order chi connectivity index (χ0) is 12.9. The molecule has 3 atom stereocenters. The highest BCUT2D eigenvalue weighted by atomic mass is 16.3. The normalized spacial score (nSPS) is 31.5. The summed E-state index contributed by atoms with van der Waals surface area (Å²) in [7, 11) is 1.75. The van der Waals surface area contributed by atoms with Gasteiger partial charge in [-0.15, -0.1) is 0 Å². The fourth-order valence-corrected chi connectivity index (χ4v) is 2.68. The first-order valence-corrected chi connectivity index (χ1v) is 5.70. The highest BCUT2D eigenvalue weighted by Crippen LogP contribution is 2.36. The van der Waals surface area contributed by atoms with Crippen molar-refractivity contribution in [2.24, 2.45) is 5.92 Å². The number of hydrazine groups is 1. The lowest BCUT2D eigenvalue weighted by Crippen LogP contribution is -2.41. The van der Waals surface area contributed by atoms with Gasteiger partial charge >= 0.3 is 0 Å². The number of amides is 2. The van der Waals surface area contributed by atoms with Gasteiger partial charge in [-0.05, 0) is 17.7 Å². The maximum atomic E-state index is 11.8. The Balaban J connectivity index is 1.96. The van der Waals surface area contributed by atoms with Crippen LogP contribution in [0, 0.1) is 5.92 Å². The lowest BCUT2D eigenvalue weighted by atomic mass is 9.91. The maximum Gasteiger partial charge on any atom is 0.246 e. The van der Waals surface area contributed by atoms with Crippen LogP contribution >= 0.6 is 0 Å². The van der Waals surface area contributed by atoms with Crippen molar-refractivity contribution < 1.29 is 14.7 Å². The molecule has 1 aromatic carbocycles. The number of nitrogens with zero attached hydrogens (tertiary/aromatic N) is 1. The van der Waals surface area contributed by atoms with Crippen LogP contribution in [0.5, 0.6) is 5.75 Å². The van der Waals surface area contributed by atoms with Gasteiger partial charge in [0.15, 0.2) is 0 Å². The summed E-state index contributed by atoms with van der Waals surface area (Å²) >= 11 is 0. The van der Waals surface area contributed by atoms with Crippen molar-refractivity contribution in [3.8, 4) is 5.75 Å². The lowest BCUT2D eigenvalue weighted by Gasteiger charge is -2.17. The number of aromatic hydroxyl groups is 1. The van der Waals surface area contributed by atoms with Crippen LogP contribution in [0.3, 0.4) is 0 Å². The fraction of sp³-hybridized carbons (Fsp3) is 0.333. The summed E-state index contributed by atoms with van der Waals surface area (Å²) in [5, 5.41) is 13.3. The van der Waals surface area contributed by atoms with Crippen LogP contribution < -0.4 is 10.7 Å². The van der Waals surface area contributed by atoms with Crippen LogP contribution in [0.25, 0.3) is 0 Å². The van der Waals surface area contributed by atoms with E-state index in [1.165, 1.54) is 0 Å². The molecule has 2 saturated heterocycles. The Bertz CT molecular complexity index is 514. The summed E-state index contributed by atoms with van der Waals surface area (Å²) < 4.78 is 0. The highest BCUT2D eigenvalue weighted by molar-refractivity contribution is 6.07. The molecule has 0 unspecified atom stereocenters. The van der Waals surface area contributed by atoms with Gasteiger partial charge in [-0.25, -0.2) is 10.4 Å². The maximum absolute atomic E-state index is 11.8. The first kappa shape index (κ1) is 11.2. The molecule has 2 heterocycles. The average molecular weight is 247 g/mol. The smallest absolute Gasteiger partial charge is 0.246 e. The van der Waals surface area contributed by atoms with E-state index in [1.807, 2.05) is 0 Å². The molecule has 0 aromatic heterocycles. The van der Waals surface area contributed by atoms with E-state index in [2.05, 4.69) is 10.7 Å². The number of hydrogen-bond acceptors (Lipinski definition) is 5. The van der Waals surface area contributed by atoms with Gasteiger partial charge < -0.3 is 5.11 Å². The molecule has 0 aliphatic carbocycles. The van der Waals surface area contributed by atoms with Crippen LogP contribution in [0.2, 0.25) is 0 Å². The predicted octanol–water partition coefficient (Wildman–Crippen LogP) is -0.476. The van der Waals surface area contributed by atoms with Gasteiger partial charge in [0.25, 0.3) is 0 Å². The van der Waals surface area contributed by atoms with Gasteiger partial charge in [0, 0.05) is 7.05 Å². The minimum absolute atomic E-state index is 0.175. The number of benzene rings is 1. The summed E-state index contributed by atoms with van der Waals surface area (Å²) in [4.78, 5) is 23.5. The van der Waals surface area contributed by atoms with Gasteiger partial charge in [0.05, 0.1) is 12.0 Å². The number of phenols is 1. The second kappa shape index (κ2) is 3.79. The van der Waals surface area contributed by atoms with Crippen LogP contribution in [-0.4, -0.2) is 35.0 Å². The largest absolute Gasteiger partial charge is 0.508 e. The van der Waals surface area contributed by atoms with Crippen LogP contribution in [0.4, 0.5) is 0 Å². The van der Waals surface area contributed by atoms with Gasteiger partial charge in [0.2, 0.25) is 11.8 Å². The molecule has 94 valence electrons. The van der Waals surface area contributed by atoms with Crippen LogP contribution in [0.15, 0.2) is 24.3 Å². The van der Waals surface area contributed by atoms with Crippen molar-refractivity contribution in [1.29, 1.82) is 0 Å². The minimum atomic E-state index is -0.462. The molecule has 0 saturated carbocycles. The number of carbonyl (C=O) groups is 2. The quantitative estimate of drug-likeness (QED) is 0.584. The van der Waals surface area contributed by atoms with E-state index < -0.39 is 12.0 Å². The Morgan fingerprint density at radius 3 is 2.50 bits per heavy atom. The number of imide groups is 1. The van der Waals surface area contributed by atoms with Crippen molar-refractivity contribution in [2.45, 2.75) is 12.1 Å². The van der Waals surface area contributed by atoms with Gasteiger partial charge in [-0.1, -0.05) is 12.1 Å². The molecule has 0 radical (unpaired) electrons. The zero-order valence-corrected chi connectivity index (χ0v) is 9.75. The molecule has 1 aromatic rings. The van der Waals surface area contributed by atoms with Gasteiger partial charge in [0.1, 0.15) is 11.8 Å². The Hall–Kier alpha value is -1.92. The molecule has 2 amide bonds. The number of phenolic OH excluding ortho intramolecular Hbond substituents is 1. The molecule has 6 heteroatoms. The second-order valence-corrected chi connectivity index (χ2v) is 4.63. The van der Waals surface area contributed by atoms with Gasteiger partial charge in [-0.2, -0.15) is 0 Å². The van der Waals surface area contributed by atoms with Gasteiger partial charge in [-0.3, -0.25) is 14.9 Å². The SMILES string of the molecule is CN1N[C@H](c2ccc(O)cc2)[C@H]2C(=O)NC(=O)[C@@H]21. The topological polar surface area (TPSA) is 81.7 Å². The Labute approximate surface area is 104 Å². The molecule has 0 bridgehead atoms. The van der Waals surface area contributed by atoms with Crippen molar-refractivity contribution >= 4 is 11.8 Å². The lowest BCUT2D eigenvalue weighted by molar-refractivity contribution is -0.127. The molecular weight excluding hydrogens is 234 g/mol. The summed E-state index contributed by atoms with van der Waals surface area (Å²) in [6, 6.07) is 5.93. The van der Waals surface area contributed by atoms with E-state index in [0.717, 1.165) is 5.56 Å². The minimum Gasteiger partial charge on any atom is -0.508 e. The van der Waals surface area contributed by atoms with Crippen molar-refractivity contribution in [3.05, 3.63) is 29.8 Å². The number of carbonyl (C=O) groups excluding carboxylic acids is 2. The first-order valence-electron chi connectivity index (χ1n) is 5.70. The van der Waals surface area contributed by atoms with E-state index in [-0.39, 0.29) is 23.6 Å². The molecule has 0 spiro atoms. The number of fused-ring (bicyclic) bond motifs is 1. The summed E-state index contributed by atoms with van der Waals surface area (Å²) in [6.07, 6.45) is 0. The summed E-state index contributed by atoms with van der Waals surface area (Å²) in [6.45, 7) is 0. The third kappa shape index (κ3) is 1.50. The van der Waals surface area contributed by atoms with Crippen LogP contribution in [-0.2, 0) is 9.59 Å². The van der Waals surface area contributed by atoms with E-state index in [0.29, 0.717) is 0 Å². The summed E-state index contributed by atoms with van der Waals surface area (Å²) in [5.41, 5.74) is 3.99. The zero-order valence-electron chi connectivity index (χ0n) is 9.75. The Morgan fingerprint density at radius 1 is 1.17 bits per heavy atom. The third-order valence-corrected chi connectivity index (χ3v) is 3.53. The number of hydrogen-bond donors (Lipinski definition) is 3. The van der Waals surface area contributed by atoms with Crippen LogP contribution in [0.1, 0.15) is 11.6 Å². The molecule has 2 fully saturated rings. The first-order chi connectivity index (χ1) is 8.58. The number of nitrogens with one attached hydrogen (secondary N) is 2. The molecule has 3 rings (SSSR count). The predicted molar refractivity (Wildman–Crippen MR) is 62.2 cm³/mol. The molecular formula is C12H13N3O3. The molecule has 2 aliphatic rings. The number of rotatable bonds is 1. The van der Waals surface area contributed by atoms with E-state index in [4.69, 9.17) is 0 Å².